The molecule has 3 N–H and O–H groups in total. The SMILES string of the molecule is COc1ccc(CCC(=O)NC2CCCc3cc(N)ccc32)cc1.Cl. The van der Waals surface area contributed by atoms with Crippen molar-refractivity contribution in [2.24, 2.45) is 0 Å². The van der Waals surface area contributed by atoms with Crippen molar-refractivity contribution in [2.75, 3.05) is 12.8 Å². The molecule has 134 valence electrons. The van der Waals surface area contributed by atoms with Crippen molar-refractivity contribution in [3.05, 3.63) is 59.2 Å². The lowest BCUT2D eigenvalue weighted by Crippen LogP contribution is -2.31. The van der Waals surface area contributed by atoms with Gasteiger partial charge in [-0.3, -0.25) is 4.79 Å². The van der Waals surface area contributed by atoms with Crippen LogP contribution in [0.1, 0.15) is 42.0 Å². The van der Waals surface area contributed by atoms with Crippen molar-refractivity contribution in [3.63, 3.8) is 0 Å². The molecule has 0 fully saturated rings. The van der Waals surface area contributed by atoms with Gasteiger partial charge in [0.1, 0.15) is 5.75 Å². The van der Waals surface area contributed by atoms with Gasteiger partial charge in [-0.1, -0.05) is 18.2 Å². The normalized spacial score (nSPS) is 15.6. The minimum absolute atomic E-state index is 0. The summed E-state index contributed by atoms with van der Waals surface area (Å²) in [6.07, 6.45) is 4.34. The van der Waals surface area contributed by atoms with E-state index in [9.17, 15) is 4.79 Å². The molecule has 4 nitrogen and oxygen atoms in total. The second-order valence-electron chi connectivity index (χ2n) is 6.32. The molecule has 3 rings (SSSR count). The van der Waals surface area contributed by atoms with E-state index in [4.69, 9.17) is 10.5 Å². The average Bonchev–Trinajstić information content (AvgIpc) is 2.60. The number of ether oxygens (including phenoxy) is 1. The molecule has 0 aliphatic heterocycles. The van der Waals surface area contributed by atoms with Crippen LogP contribution in [0, 0.1) is 0 Å². The van der Waals surface area contributed by atoms with Gasteiger partial charge in [-0.25, -0.2) is 0 Å². The van der Waals surface area contributed by atoms with Crippen LogP contribution >= 0.6 is 12.4 Å². The number of nitrogen functional groups attached to an aromatic ring is 1. The van der Waals surface area contributed by atoms with Crippen LogP contribution in [-0.2, 0) is 17.6 Å². The van der Waals surface area contributed by atoms with Crippen LogP contribution in [-0.4, -0.2) is 13.0 Å². The molecule has 0 bridgehead atoms. The predicted octanol–water partition coefficient (Wildman–Crippen LogP) is 3.83. The fourth-order valence-electron chi connectivity index (χ4n) is 3.30. The molecule has 0 spiro atoms. The van der Waals surface area contributed by atoms with Gasteiger partial charge in [0.25, 0.3) is 0 Å². The Bertz CT molecular complexity index is 716. The monoisotopic (exact) mass is 360 g/mol. The van der Waals surface area contributed by atoms with Gasteiger partial charge in [0, 0.05) is 12.1 Å². The van der Waals surface area contributed by atoms with Crippen LogP contribution in [0.25, 0.3) is 0 Å². The fourth-order valence-corrected chi connectivity index (χ4v) is 3.30. The summed E-state index contributed by atoms with van der Waals surface area (Å²) in [5, 5.41) is 3.18. The third kappa shape index (κ3) is 4.89. The standard InChI is InChI=1S/C20H24N2O2.ClH/c1-24-17-9-5-14(6-10-17)7-12-20(23)22-19-4-2-3-15-13-16(21)8-11-18(15)19;/h5-6,8-11,13,19H,2-4,7,12,21H2,1H3,(H,22,23);1H. The van der Waals surface area contributed by atoms with E-state index in [1.807, 2.05) is 36.4 Å². The Labute approximate surface area is 155 Å². The number of hydrogen-bond donors (Lipinski definition) is 2. The first kappa shape index (κ1) is 19.1. The number of nitrogens with one attached hydrogen (secondary N) is 1. The molecular weight excluding hydrogens is 336 g/mol. The van der Waals surface area contributed by atoms with Crippen LogP contribution < -0.4 is 15.8 Å². The summed E-state index contributed by atoms with van der Waals surface area (Å²) in [5.74, 6) is 0.932. The Balaban J connectivity index is 0.00000225. The smallest absolute Gasteiger partial charge is 0.220 e. The number of amides is 1. The molecule has 1 atom stereocenters. The van der Waals surface area contributed by atoms with Gasteiger partial charge in [-0.2, -0.15) is 0 Å². The number of anilines is 1. The van der Waals surface area contributed by atoms with Crippen molar-refractivity contribution >= 4 is 24.0 Å². The lowest BCUT2D eigenvalue weighted by atomic mass is 9.87. The summed E-state index contributed by atoms with van der Waals surface area (Å²) in [7, 11) is 1.65. The number of nitrogens with two attached hydrogens (primary N) is 1. The Morgan fingerprint density at radius 2 is 2.00 bits per heavy atom. The molecule has 0 heterocycles. The number of methoxy groups -OCH3 is 1. The second kappa shape index (κ2) is 8.77. The van der Waals surface area contributed by atoms with Crippen molar-refractivity contribution in [2.45, 2.75) is 38.1 Å². The lowest BCUT2D eigenvalue weighted by molar-refractivity contribution is -0.121. The maximum Gasteiger partial charge on any atom is 0.220 e. The third-order valence-electron chi connectivity index (χ3n) is 4.62. The number of benzene rings is 2. The molecule has 0 saturated heterocycles. The zero-order valence-electron chi connectivity index (χ0n) is 14.5. The molecule has 0 saturated carbocycles. The average molecular weight is 361 g/mol. The van der Waals surface area contributed by atoms with Crippen molar-refractivity contribution in [1.29, 1.82) is 0 Å². The topological polar surface area (TPSA) is 64.3 Å². The minimum atomic E-state index is 0. The number of halogens is 1. The zero-order chi connectivity index (χ0) is 16.9. The second-order valence-corrected chi connectivity index (χ2v) is 6.32. The first-order chi connectivity index (χ1) is 11.7. The summed E-state index contributed by atoms with van der Waals surface area (Å²) >= 11 is 0. The summed E-state index contributed by atoms with van der Waals surface area (Å²) in [5.41, 5.74) is 10.3. The number of carbonyl (C=O) groups excluding carboxylic acids is 1. The maximum absolute atomic E-state index is 12.3. The van der Waals surface area contributed by atoms with E-state index in [0.29, 0.717) is 6.42 Å². The molecular formula is C20H25ClN2O2. The van der Waals surface area contributed by atoms with E-state index in [0.717, 1.165) is 42.7 Å². The number of fused-ring (bicyclic) bond motifs is 1. The van der Waals surface area contributed by atoms with Crippen molar-refractivity contribution in [1.82, 2.24) is 5.32 Å². The van der Waals surface area contributed by atoms with Crippen LogP contribution in [0.15, 0.2) is 42.5 Å². The van der Waals surface area contributed by atoms with Gasteiger partial charge < -0.3 is 15.8 Å². The van der Waals surface area contributed by atoms with Crippen LogP contribution in [0.3, 0.4) is 0 Å². The molecule has 1 aliphatic carbocycles. The summed E-state index contributed by atoms with van der Waals surface area (Å²) in [6.45, 7) is 0. The number of rotatable bonds is 5. The molecule has 1 unspecified atom stereocenters. The van der Waals surface area contributed by atoms with Gasteiger partial charge in [0.05, 0.1) is 13.2 Å². The Morgan fingerprint density at radius 3 is 2.72 bits per heavy atom. The maximum atomic E-state index is 12.3. The number of aryl methyl sites for hydroxylation is 2. The Hall–Kier alpha value is -2.20. The quantitative estimate of drug-likeness (QED) is 0.796. The largest absolute Gasteiger partial charge is 0.497 e. The predicted molar refractivity (Wildman–Crippen MR) is 103 cm³/mol. The fraction of sp³-hybridized carbons (Fsp3) is 0.350. The highest BCUT2D eigenvalue weighted by Gasteiger charge is 2.21. The summed E-state index contributed by atoms with van der Waals surface area (Å²) in [6, 6.07) is 14.0. The van der Waals surface area contributed by atoms with E-state index in [-0.39, 0.29) is 24.4 Å². The molecule has 25 heavy (non-hydrogen) atoms. The minimum Gasteiger partial charge on any atom is -0.497 e. The zero-order valence-corrected chi connectivity index (χ0v) is 15.3. The van der Waals surface area contributed by atoms with Crippen LogP contribution in [0.5, 0.6) is 5.75 Å². The molecule has 2 aromatic carbocycles. The molecule has 0 aromatic heterocycles. The molecule has 1 amide bonds. The molecule has 5 heteroatoms. The van der Waals surface area contributed by atoms with Gasteiger partial charge in [0.2, 0.25) is 5.91 Å². The van der Waals surface area contributed by atoms with Crippen molar-refractivity contribution < 1.29 is 9.53 Å². The highest BCUT2D eigenvalue weighted by atomic mass is 35.5. The van der Waals surface area contributed by atoms with Gasteiger partial charge in [0.15, 0.2) is 0 Å². The number of carbonyl (C=O) groups is 1. The molecule has 0 radical (unpaired) electrons. The highest BCUT2D eigenvalue weighted by Crippen LogP contribution is 2.31. The van der Waals surface area contributed by atoms with E-state index < -0.39 is 0 Å². The van der Waals surface area contributed by atoms with Crippen molar-refractivity contribution in [3.8, 4) is 5.75 Å². The van der Waals surface area contributed by atoms with Crippen LogP contribution in [0.4, 0.5) is 5.69 Å². The third-order valence-corrected chi connectivity index (χ3v) is 4.62. The van der Waals surface area contributed by atoms with Crippen LogP contribution in [0.2, 0.25) is 0 Å². The van der Waals surface area contributed by atoms with E-state index in [1.54, 1.807) is 7.11 Å². The summed E-state index contributed by atoms with van der Waals surface area (Å²) in [4.78, 5) is 12.3. The first-order valence-corrected chi connectivity index (χ1v) is 8.46. The summed E-state index contributed by atoms with van der Waals surface area (Å²) < 4.78 is 5.15. The van der Waals surface area contributed by atoms with Gasteiger partial charge in [-0.05, 0) is 66.6 Å². The molecule has 2 aromatic rings. The van der Waals surface area contributed by atoms with Gasteiger partial charge >= 0.3 is 0 Å². The Morgan fingerprint density at radius 1 is 1.24 bits per heavy atom. The molecule has 1 aliphatic rings. The van der Waals surface area contributed by atoms with E-state index in [1.165, 1.54) is 11.1 Å². The van der Waals surface area contributed by atoms with Gasteiger partial charge in [-0.15, -0.1) is 12.4 Å². The van der Waals surface area contributed by atoms with E-state index >= 15 is 0 Å². The number of hydrogen-bond acceptors (Lipinski definition) is 3. The highest BCUT2D eigenvalue weighted by molar-refractivity contribution is 5.85. The Kier molecular flexibility index (Phi) is 6.71. The lowest BCUT2D eigenvalue weighted by Gasteiger charge is -2.26. The first-order valence-electron chi connectivity index (χ1n) is 8.46. The van der Waals surface area contributed by atoms with E-state index in [2.05, 4.69) is 11.4 Å².